The molecule has 1 saturated carbocycles. The number of aryl methyl sites for hydroxylation is 2. The van der Waals surface area contributed by atoms with Crippen LogP contribution in [0.15, 0.2) is 48.5 Å². The van der Waals surface area contributed by atoms with Crippen LogP contribution in [-0.2, 0) is 11.2 Å². The Balaban J connectivity index is 1.49. The van der Waals surface area contributed by atoms with Crippen LogP contribution in [0.5, 0.6) is 5.75 Å². The van der Waals surface area contributed by atoms with Gasteiger partial charge in [0.25, 0.3) is 5.91 Å². The van der Waals surface area contributed by atoms with E-state index in [1.54, 1.807) is 23.5 Å². The number of benzene rings is 2. The van der Waals surface area contributed by atoms with Crippen molar-refractivity contribution in [2.45, 2.75) is 52.0 Å². The van der Waals surface area contributed by atoms with Crippen LogP contribution in [0.2, 0.25) is 0 Å². The molecule has 0 bridgehead atoms. The van der Waals surface area contributed by atoms with Crippen molar-refractivity contribution in [1.82, 2.24) is 5.32 Å². The third kappa shape index (κ3) is 5.11. The third-order valence-corrected chi connectivity index (χ3v) is 7.64. The number of carboxylic acids is 1. The van der Waals surface area contributed by atoms with Gasteiger partial charge < -0.3 is 15.5 Å². The van der Waals surface area contributed by atoms with Gasteiger partial charge in [-0.25, -0.2) is 0 Å². The van der Waals surface area contributed by atoms with Crippen LogP contribution in [0.4, 0.5) is 0 Å². The fourth-order valence-corrected chi connectivity index (χ4v) is 5.78. The van der Waals surface area contributed by atoms with Crippen LogP contribution in [0.25, 0.3) is 11.1 Å². The second-order valence-corrected chi connectivity index (χ2v) is 10.2. The maximum atomic E-state index is 13.2. The minimum absolute atomic E-state index is 0.0263. The number of aliphatic carboxylic acids is 1. The van der Waals surface area contributed by atoms with Crippen LogP contribution < -0.4 is 5.32 Å². The van der Waals surface area contributed by atoms with E-state index in [4.69, 9.17) is 0 Å². The number of para-hydroxylation sites is 1. The highest BCUT2D eigenvalue weighted by Gasteiger charge is 2.28. The van der Waals surface area contributed by atoms with Gasteiger partial charge in [0.1, 0.15) is 5.75 Å². The molecule has 6 heteroatoms. The number of thiophene rings is 1. The maximum absolute atomic E-state index is 13.2. The number of nitrogens with one attached hydrogen (secondary N) is 1. The SMILES string of the molecule is Cc1sc(C)c(C(=O)NC2CCC(C(=O)O)CC2)c1Cc1ccc(-c2ccccc2O)cc1. The van der Waals surface area contributed by atoms with Gasteiger partial charge in [-0.2, -0.15) is 0 Å². The molecule has 1 aromatic heterocycles. The highest BCUT2D eigenvalue weighted by Crippen LogP contribution is 2.32. The first-order valence-electron chi connectivity index (χ1n) is 11.3. The highest BCUT2D eigenvalue weighted by molar-refractivity contribution is 7.12. The summed E-state index contributed by atoms with van der Waals surface area (Å²) >= 11 is 1.64. The molecule has 1 aliphatic carbocycles. The van der Waals surface area contributed by atoms with Gasteiger partial charge in [-0.3, -0.25) is 9.59 Å². The van der Waals surface area contributed by atoms with Crippen molar-refractivity contribution in [2.24, 2.45) is 5.92 Å². The van der Waals surface area contributed by atoms with E-state index in [-0.39, 0.29) is 23.6 Å². The number of phenolic OH excluding ortho intramolecular Hbond substituents is 1. The smallest absolute Gasteiger partial charge is 0.306 e. The lowest BCUT2D eigenvalue weighted by atomic mass is 9.86. The number of hydrogen-bond donors (Lipinski definition) is 3. The summed E-state index contributed by atoms with van der Waals surface area (Å²) in [5.74, 6) is -0.832. The quantitative estimate of drug-likeness (QED) is 0.438. The molecule has 0 saturated heterocycles. The lowest BCUT2D eigenvalue weighted by Gasteiger charge is -2.27. The first-order chi connectivity index (χ1) is 15.8. The van der Waals surface area contributed by atoms with Gasteiger partial charge in [0.15, 0.2) is 0 Å². The van der Waals surface area contributed by atoms with Gasteiger partial charge in [-0.1, -0.05) is 42.5 Å². The Labute approximate surface area is 198 Å². The average molecular weight is 464 g/mol. The Kier molecular flexibility index (Phi) is 6.84. The number of phenols is 1. The van der Waals surface area contributed by atoms with Gasteiger partial charge in [-0.15, -0.1) is 11.3 Å². The Morgan fingerprint density at radius 2 is 1.64 bits per heavy atom. The second kappa shape index (κ2) is 9.79. The fraction of sp³-hybridized carbons (Fsp3) is 0.333. The Hall–Kier alpha value is -3.12. The number of carbonyl (C=O) groups is 2. The maximum Gasteiger partial charge on any atom is 0.306 e. The number of hydrogen-bond acceptors (Lipinski definition) is 4. The predicted octanol–water partition coefficient (Wildman–Crippen LogP) is 5.70. The zero-order chi connectivity index (χ0) is 23.5. The Bertz CT molecular complexity index is 1160. The van der Waals surface area contributed by atoms with Crippen molar-refractivity contribution < 1.29 is 19.8 Å². The van der Waals surface area contributed by atoms with E-state index in [0.717, 1.165) is 37.6 Å². The molecule has 0 unspecified atom stereocenters. The van der Waals surface area contributed by atoms with E-state index in [9.17, 15) is 19.8 Å². The summed E-state index contributed by atoms with van der Waals surface area (Å²) in [5, 5.41) is 22.5. The molecule has 0 aliphatic heterocycles. The first-order valence-corrected chi connectivity index (χ1v) is 12.1. The number of rotatable bonds is 6. The summed E-state index contributed by atoms with van der Waals surface area (Å²) in [6, 6.07) is 15.4. The normalized spacial score (nSPS) is 18.1. The standard InChI is InChI=1S/C27H29NO4S/c1-16-23(15-18-7-9-19(10-8-18)22-5-3-4-6-24(22)29)25(17(2)33-16)26(30)28-21-13-11-20(12-14-21)27(31)32/h3-10,20-21,29H,11-15H2,1-2H3,(H,28,30)(H,31,32). The lowest BCUT2D eigenvalue weighted by molar-refractivity contribution is -0.142. The number of amides is 1. The first kappa shape index (κ1) is 23.1. The van der Waals surface area contributed by atoms with E-state index in [0.29, 0.717) is 32.1 Å². The highest BCUT2D eigenvalue weighted by atomic mass is 32.1. The largest absolute Gasteiger partial charge is 0.507 e. The summed E-state index contributed by atoms with van der Waals surface area (Å²) in [6.45, 7) is 4.04. The number of aromatic hydroxyl groups is 1. The van der Waals surface area contributed by atoms with E-state index < -0.39 is 5.97 Å². The number of carbonyl (C=O) groups excluding carboxylic acids is 1. The fourth-order valence-electron chi connectivity index (χ4n) is 4.71. The minimum atomic E-state index is -0.736. The molecule has 0 radical (unpaired) electrons. The van der Waals surface area contributed by atoms with E-state index in [2.05, 4.69) is 12.2 Å². The molecule has 4 rings (SSSR count). The second-order valence-electron chi connectivity index (χ2n) is 8.82. The minimum Gasteiger partial charge on any atom is -0.507 e. The summed E-state index contributed by atoms with van der Waals surface area (Å²) in [5.41, 5.74) is 4.65. The van der Waals surface area contributed by atoms with Crippen LogP contribution in [-0.4, -0.2) is 28.1 Å². The van der Waals surface area contributed by atoms with Crippen LogP contribution in [0, 0.1) is 19.8 Å². The van der Waals surface area contributed by atoms with Gasteiger partial charge in [0.2, 0.25) is 0 Å². The molecule has 172 valence electrons. The van der Waals surface area contributed by atoms with E-state index in [1.807, 2.05) is 43.3 Å². The monoisotopic (exact) mass is 463 g/mol. The molecule has 2 aromatic carbocycles. The topological polar surface area (TPSA) is 86.6 Å². The van der Waals surface area contributed by atoms with Gasteiger partial charge in [0.05, 0.1) is 11.5 Å². The van der Waals surface area contributed by atoms with Crippen LogP contribution >= 0.6 is 11.3 Å². The molecular weight excluding hydrogens is 434 g/mol. The number of carboxylic acid groups (broad SMARTS) is 1. The molecule has 5 nitrogen and oxygen atoms in total. The van der Waals surface area contributed by atoms with E-state index >= 15 is 0 Å². The molecule has 1 heterocycles. The molecule has 0 atom stereocenters. The van der Waals surface area contributed by atoms with E-state index in [1.165, 1.54) is 0 Å². The molecule has 1 fully saturated rings. The molecule has 1 amide bonds. The van der Waals surface area contributed by atoms with Gasteiger partial charge in [-0.05, 0) is 68.7 Å². The molecule has 3 aromatic rings. The molecule has 3 N–H and O–H groups in total. The molecular formula is C27H29NO4S. The third-order valence-electron chi connectivity index (χ3n) is 6.57. The van der Waals surface area contributed by atoms with Crippen molar-refractivity contribution in [1.29, 1.82) is 0 Å². The summed E-state index contributed by atoms with van der Waals surface area (Å²) in [6.07, 6.45) is 3.28. The van der Waals surface area contributed by atoms with Gasteiger partial charge >= 0.3 is 5.97 Å². The van der Waals surface area contributed by atoms with Crippen LogP contribution in [0.1, 0.15) is 56.9 Å². The zero-order valence-electron chi connectivity index (χ0n) is 18.9. The van der Waals surface area contributed by atoms with Crippen molar-refractivity contribution in [2.75, 3.05) is 0 Å². The van der Waals surface area contributed by atoms with Gasteiger partial charge in [0, 0.05) is 21.4 Å². The van der Waals surface area contributed by atoms with Crippen molar-refractivity contribution >= 4 is 23.2 Å². The Morgan fingerprint density at radius 1 is 0.970 bits per heavy atom. The van der Waals surface area contributed by atoms with Crippen molar-refractivity contribution in [3.05, 3.63) is 75.0 Å². The van der Waals surface area contributed by atoms with Crippen molar-refractivity contribution in [3.63, 3.8) is 0 Å². The molecule has 1 aliphatic rings. The molecule has 0 spiro atoms. The molecule has 33 heavy (non-hydrogen) atoms. The summed E-state index contributed by atoms with van der Waals surface area (Å²) < 4.78 is 0. The van der Waals surface area contributed by atoms with Crippen LogP contribution in [0.3, 0.4) is 0 Å². The zero-order valence-corrected chi connectivity index (χ0v) is 19.7. The predicted molar refractivity (Wildman–Crippen MR) is 131 cm³/mol. The summed E-state index contributed by atoms with van der Waals surface area (Å²) in [4.78, 5) is 26.5. The lowest BCUT2D eigenvalue weighted by Crippen LogP contribution is -2.39. The summed E-state index contributed by atoms with van der Waals surface area (Å²) in [7, 11) is 0. The average Bonchev–Trinajstić information content (AvgIpc) is 3.07. The Morgan fingerprint density at radius 3 is 2.27 bits per heavy atom. The van der Waals surface area contributed by atoms with Crippen molar-refractivity contribution in [3.8, 4) is 16.9 Å².